The zero-order valence-corrected chi connectivity index (χ0v) is 7.09. The molecule has 0 aliphatic rings. The van der Waals surface area contributed by atoms with E-state index in [2.05, 4.69) is 13.2 Å². The highest BCUT2D eigenvalue weighted by molar-refractivity contribution is 5.23. The summed E-state index contributed by atoms with van der Waals surface area (Å²) in [5.41, 5.74) is 12.2. The maximum atomic E-state index is 5.26. The van der Waals surface area contributed by atoms with Crippen molar-refractivity contribution in [2.45, 2.75) is 6.92 Å². The zero-order chi connectivity index (χ0) is 9.02. The van der Waals surface area contributed by atoms with Gasteiger partial charge in [-0.05, 0) is 12.5 Å². The van der Waals surface area contributed by atoms with Crippen LogP contribution in [0.25, 0.3) is 0 Å². The van der Waals surface area contributed by atoms with Crippen LogP contribution in [-0.2, 0) is 0 Å². The monoisotopic (exact) mass is 153 g/mol. The van der Waals surface area contributed by atoms with Gasteiger partial charge in [0.2, 0.25) is 0 Å². The van der Waals surface area contributed by atoms with Crippen LogP contribution in [0.3, 0.4) is 0 Å². The summed E-state index contributed by atoms with van der Waals surface area (Å²) in [7, 11) is 1.82. The van der Waals surface area contributed by atoms with E-state index in [1.54, 1.807) is 11.1 Å². The Morgan fingerprint density at radius 1 is 1.36 bits per heavy atom. The van der Waals surface area contributed by atoms with Gasteiger partial charge in [-0.3, -0.25) is 0 Å². The molecule has 0 aliphatic carbocycles. The Morgan fingerprint density at radius 2 is 1.82 bits per heavy atom. The van der Waals surface area contributed by atoms with E-state index in [1.165, 1.54) is 0 Å². The van der Waals surface area contributed by atoms with Crippen molar-refractivity contribution in [3.63, 3.8) is 0 Å². The average Bonchev–Trinajstić information content (AvgIpc) is 1.84. The molecule has 3 nitrogen and oxygen atoms in total. The minimum absolute atomic E-state index is 0.259. The van der Waals surface area contributed by atoms with E-state index < -0.39 is 0 Å². The molecular formula is C8H15N3. The zero-order valence-electron chi connectivity index (χ0n) is 7.09. The van der Waals surface area contributed by atoms with E-state index in [1.807, 2.05) is 14.0 Å². The molecule has 0 amide bonds. The molecule has 3 heteroatoms. The van der Waals surface area contributed by atoms with Crippen LogP contribution in [0.1, 0.15) is 6.92 Å². The Labute approximate surface area is 67.7 Å². The van der Waals surface area contributed by atoms with Gasteiger partial charge < -0.3 is 16.4 Å². The Morgan fingerprint density at radius 3 is 2.09 bits per heavy atom. The molecule has 0 unspecified atom stereocenters. The summed E-state index contributed by atoms with van der Waals surface area (Å²) in [6.45, 7) is 9.38. The molecule has 4 N–H and O–H groups in total. The first-order valence-corrected chi connectivity index (χ1v) is 3.25. The van der Waals surface area contributed by atoms with E-state index in [9.17, 15) is 0 Å². The molecule has 0 spiro atoms. The number of nitrogens with zero attached hydrogens (tertiary/aromatic N) is 1. The van der Waals surface area contributed by atoms with Gasteiger partial charge in [0.05, 0.1) is 0 Å². The maximum Gasteiger partial charge on any atom is 0.110 e. The van der Waals surface area contributed by atoms with Crippen molar-refractivity contribution in [2.75, 3.05) is 7.05 Å². The molecule has 0 aromatic heterocycles. The van der Waals surface area contributed by atoms with Crippen LogP contribution in [-0.4, -0.2) is 11.9 Å². The molecule has 0 bridgehead atoms. The highest BCUT2D eigenvalue weighted by atomic mass is 15.1. The normalized spacial score (nSPS) is 8.55. The summed E-state index contributed by atoms with van der Waals surface area (Å²) < 4.78 is 0. The van der Waals surface area contributed by atoms with Crippen molar-refractivity contribution in [3.05, 3.63) is 36.4 Å². The summed E-state index contributed by atoms with van der Waals surface area (Å²) in [5.74, 6) is 0.259. The van der Waals surface area contributed by atoms with Gasteiger partial charge in [0.25, 0.3) is 0 Å². The largest absolute Gasteiger partial charge is 0.384 e. The number of rotatable bonds is 3. The summed E-state index contributed by atoms with van der Waals surface area (Å²) >= 11 is 0. The first-order chi connectivity index (χ1) is 4.95. The molecule has 0 atom stereocenters. The second-order valence-corrected chi connectivity index (χ2v) is 2.47. The van der Waals surface area contributed by atoms with Crippen LogP contribution in [0, 0.1) is 0 Å². The molecule has 0 aliphatic heterocycles. The molecule has 0 radical (unpaired) electrons. The summed E-state index contributed by atoms with van der Waals surface area (Å²) in [5, 5.41) is 0. The lowest BCUT2D eigenvalue weighted by Gasteiger charge is -2.16. The smallest absolute Gasteiger partial charge is 0.110 e. The second-order valence-electron chi connectivity index (χ2n) is 2.47. The first-order valence-electron chi connectivity index (χ1n) is 3.25. The van der Waals surface area contributed by atoms with E-state index in [0.717, 1.165) is 11.3 Å². The van der Waals surface area contributed by atoms with Crippen LogP contribution in [0.4, 0.5) is 0 Å². The van der Waals surface area contributed by atoms with Gasteiger partial charge in [-0.25, -0.2) is 0 Å². The van der Waals surface area contributed by atoms with Gasteiger partial charge in [-0.15, -0.1) is 0 Å². The van der Waals surface area contributed by atoms with Crippen molar-refractivity contribution in [3.8, 4) is 0 Å². The Hall–Kier alpha value is -1.38. The number of allylic oxidation sites excluding steroid dienone is 1. The van der Waals surface area contributed by atoms with Gasteiger partial charge in [-0.2, -0.15) is 0 Å². The standard InChI is InChI=1S/C8H15N3/c1-6(2)7(3)11(4)5-8(9)10/h5H,1,3,9-10H2,2,4H3. The van der Waals surface area contributed by atoms with Crippen LogP contribution < -0.4 is 11.5 Å². The minimum Gasteiger partial charge on any atom is -0.384 e. The third-order valence-electron chi connectivity index (χ3n) is 1.26. The number of likely N-dealkylation sites (N-methyl/N-ethyl adjacent to an activating group) is 1. The van der Waals surface area contributed by atoms with E-state index in [-0.39, 0.29) is 5.82 Å². The van der Waals surface area contributed by atoms with Crippen molar-refractivity contribution in [2.24, 2.45) is 11.5 Å². The lowest BCUT2D eigenvalue weighted by atomic mass is 10.2. The predicted molar refractivity (Wildman–Crippen MR) is 48.2 cm³/mol. The Kier molecular flexibility index (Phi) is 3.24. The third kappa shape index (κ3) is 3.35. The first kappa shape index (κ1) is 9.62. The van der Waals surface area contributed by atoms with Crippen molar-refractivity contribution in [1.29, 1.82) is 0 Å². The minimum atomic E-state index is 0.259. The third-order valence-corrected chi connectivity index (χ3v) is 1.26. The molecule has 0 heterocycles. The topological polar surface area (TPSA) is 55.3 Å². The van der Waals surface area contributed by atoms with Crippen LogP contribution in [0.2, 0.25) is 0 Å². The highest BCUT2D eigenvalue weighted by Crippen LogP contribution is 2.08. The molecule has 0 fully saturated rings. The quantitative estimate of drug-likeness (QED) is 0.587. The average molecular weight is 153 g/mol. The van der Waals surface area contributed by atoms with Gasteiger partial charge in [0.15, 0.2) is 0 Å². The van der Waals surface area contributed by atoms with Crippen LogP contribution in [0.15, 0.2) is 36.4 Å². The van der Waals surface area contributed by atoms with Gasteiger partial charge in [0, 0.05) is 18.9 Å². The molecule has 0 aromatic carbocycles. The van der Waals surface area contributed by atoms with Crippen molar-refractivity contribution < 1.29 is 0 Å². The Balaban J connectivity index is 4.27. The number of hydrogen-bond acceptors (Lipinski definition) is 3. The molecular weight excluding hydrogens is 138 g/mol. The molecule has 11 heavy (non-hydrogen) atoms. The van der Waals surface area contributed by atoms with E-state index >= 15 is 0 Å². The van der Waals surface area contributed by atoms with Crippen molar-refractivity contribution >= 4 is 0 Å². The fraction of sp³-hybridized carbons (Fsp3) is 0.250. The lowest BCUT2D eigenvalue weighted by molar-refractivity contribution is 0.574. The molecule has 62 valence electrons. The SMILES string of the molecule is C=C(C)C(=C)N(C)C=C(N)N. The van der Waals surface area contributed by atoms with E-state index in [0.29, 0.717) is 0 Å². The number of nitrogens with two attached hydrogens (primary N) is 2. The van der Waals surface area contributed by atoms with Gasteiger partial charge >= 0.3 is 0 Å². The van der Waals surface area contributed by atoms with Gasteiger partial charge in [-0.1, -0.05) is 13.2 Å². The Bertz CT molecular complexity index is 199. The molecule has 0 rings (SSSR count). The van der Waals surface area contributed by atoms with Gasteiger partial charge in [0.1, 0.15) is 5.82 Å². The summed E-state index contributed by atoms with van der Waals surface area (Å²) in [6, 6.07) is 0. The van der Waals surface area contributed by atoms with Crippen molar-refractivity contribution in [1.82, 2.24) is 4.90 Å². The second kappa shape index (κ2) is 3.71. The summed E-state index contributed by atoms with van der Waals surface area (Å²) in [4.78, 5) is 1.73. The number of hydrogen-bond donors (Lipinski definition) is 2. The molecule has 0 saturated heterocycles. The lowest BCUT2D eigenvalue weighted by Crippen LogP contribution is -2.17. The van der Waals surface area contributed by atoms with Crippen LogP contribution >= 0.6 is 0 Å². The maximum absolute atomic E-state index is 5.26. The molecule has 0 saturated carbocycles. The molecule has 0 aromatic rings. The van der Waals surface area contributed by atoms with E-state index in [4.69, 9.17) is 11.5 Å². The fourth-order valence-electron chi connectivity index (χ4n) is 0.603. The predicted octanol–water partition coefficient (Wildman–Crippen LogP) is 0.724. The summed E-state index contributed by atoms with van der Waals surface area (Å²) in [6.07, 6.45) is 1.59. The fourth-order valence-corrected chi connectivity index (χ4v) is 0.603. The van der Waals surface area contributed by atoms with Crippen LogP contribution in [0.5, 0.6) is 0 Å². The highest BCUT2D eigenvalue weighted by Gasteiger charge is 1.98.